The number of hydrogen-bond acceptors (Lipinski definition) is 3. The van der Waals surface area contributed by atoms with Gasteiger partial charge in [0.1, 0.15) is 11.3 Å². The highest BCUT2D eigenvalue weighted by Crippen LogP contribution is 2.35. The van der Waals surface area contributed by atoms with E-state index in [1.54, 1.807) is 0 Å². The summed E-state index contributed by atoms with van der Waals surface area (Å²) in [5, 5.41) is 2.54. The normalized spacial score (nSPS) is 12.2. The minimum absolute atomic E-state index is 0.0369. The Hall–Kier alpha value is -3.46. The average molecular weight is 435 g/mol. The minimum Gasteiger partial charge on any atom is -0.459 e. The molecule has 0 atom stereocenters. The summed E-state index contributed by atoms with van der Waals surface area (Å²) < 4.78 is 6.08. The largest absolute Gasteiger partial charge is 0.459 e. The Balaban J connectivity index is 1.58. The molecule has 0 spiro atoms. The van der Waals surface area contributed by atoms with Gasteiger partial charge in [-0.1, -0.05) is 58.9 Å². The molecule has 0 saturated carbocycles. The Morgan fingerprint density at radius 3 is 2.45 bits per heavy atom. The third-order valence-electron chi connectivity index (χ3n) is 6.09. The van der Waals surface area contributed by atoms with E-state index in [0.717, 1.165) is 45.7 Å². The van der Waals surface area contributed by atoms with Crippen LogP contribution in [0, 0.1) is 5.92 Å². The van der Waals surface area contributed by atoms with Gasteiger partial charge >= 0.3 is 0 Å². The number of hydrogen-bond donors (Lipinski definition) is 0. The first-order chi connectivity index (χ1) is 15.8. The SMILES string of the molecule is CC(C)Cc1cc2ncc(-c3ccnc(-c4cc(C(C)(C)C)c5ccccc5c4)c3)cc2o1. The van der Waals surface area contributed by atoms with Gasteiger partial charge in [0.05, 0.1) is 5.69 Å². The number of rotatable bonds is 4. The Morgan fingerprint density at radius 2 is 1.67 bits per heavy atom. The number of nitrogens with zero attached hydrogens (tertiary/aromatic N) is 2. The first-order valence-corrected chi connectivity index (χ1v) is 11.7. The van der Waals surface area contributed by atoms with Gasteiger partial charge in [0.2, 0.25) is 0 Å². The summed E-state index contributed by atoms with van der Waals surface area (Å²) in [7, 11) is 0. The van der Waals surface area contributed by atoms with Crippen molar-refractivity contribution in [1.29, 1.82) is 0 Å². The Labute approximate surface area is 195 Å². The van der Waals surface area contributed by atoms with E-state index >= 15 is 0 Å². The summed E-state index contributed by atoms with van der Waals surface area (Å²) in [5.41, 5.74) is 7.33. The highest BCUT2D eigenvalue weighted by Gasteiger charge is 2.19. The Bertz CT molecular complexity index is 1450. The predicted octanol–water partition coefficient (Wildman–Crippen LogP) is 8.21. The lowest BCUT2D eigenvalue weighted by molar-refractivity contribution is 0.500. The summed E-state index contributed by atoms with van der Waals surface area (Å²) in [6, 6.07) is 21.5. The molecule has 3 heteroatoms. The van der Waals surface area contributed by atoms with Gasteiger partial charge in [-0.15, -0.1) is 0 Å². The van der Waals surface area contributed by atoms with Crippen molar-refractivity contribution in [2.75, 3.05) is 0 Å². The van der Waals surface area contributed by atoms with E-state index in [0.29, 0.717) is 5.92 Å². The molecule has 3 heterocycles. The molecule has 0 aliphatic rings. The van der Waals surface area contributed by atoms with Gasteiger partial charge < -0.3 is 4.42 Å². The molecule has 5 rings (SSSR count). The van der Waals surface area contributed by atoms with Crippen molar-refractivity contribution >= 4 is 21.9 Å². The second kappa shape index (κ2) is 8.15. The van der Waals surface area contributed by atoms with Crippen LogP contribution in [0.1, 0.15) is 45.9 Å². The summed E-state index contributed by atoms with van der Waals surface area (Å²) in [6.45, 7) is 11.2. The fourth-order valence-electron chi connectivity index (χ4n) is 4.48. The summed E-state index contributed by atoms with van der Waals surface area (Å²) in [5.74, 6) is 1.54. The zero-order chi connectivity index (χ0) is 23.2. The van der Waals surface area contributed by atoms with Gasteiger partial charge in [-0.3, -0.25) is 9.97 Å². The molecule has 5 aromatic rings. The summed E-state index contributed by atoms with van der Waals surface area (Å²) >= 11 is 0. The second-order valence-electron chi connectivity index (χ2n) is 10.3. The number of furan rings is 1. The fraction of sp³-hybridized carbons (Fsp3) is 0.267. The van der Waals surface area contributed by atoms with Crippen LogP contribution in [0.25, 0.3) is 44.3 Å². The molecular weight excluding hydrogens is 404 g/mol. The summed E-state index contributed by atoms with van der Waals surface area (Å²) in [6.07, 6.45) is 4.73. The van der Waals surface area contributed by atoms with Gasteiger partial charge in [0, 0.05) is 36.0 Å². The van der Waals surface area contributed by atoms with E-state index in [4.69, 9.17) is 9.40 Å². The lowest BCUT2D eigenvalue weighted by atomic mass is 9.82. The van der Waals surface area contributed by atoms with Crippen LogP contribution in [-0.2, 0) is 11.8 Å². The fourth-order valence-corrected chi connectivity index (χ4v) is 4.48. The van der Waals surface area contributed by atoms with E-state index < -0.39 is 0 Å². The van der Waals surface area contributed by atoms with Crippen LogP contribution in [0.2, 0.25) is 0 Å². The molecule has 166 valence electrons. The van der Waals surface area contributed by atoms with Crippen LogP contribution >= 0.6 is 0 Å². The molecule has 0 bridgehead atoms. The van der Waals surface area contributed by atoms with Crippen molar-refractivity contribution in [3.05, 3.63) is 84.4 Å². The molecule has 0 radical (unpaired) electrons. The minimum atomic E-state index is 0.0369. The molecule has 0 fully saturated rings. The van der Waals surface area contributed by atoms with Crippen molar-refractivity contribution < 1.29 is 4.42 Å². The van der Waals surface area contributed by atoms with E-state index in [1.165, 1.54) is 16.3 Å². The molecule has 2 aromatic carbocycles. The van der Waals surface area contributed by atoms with Crippen LogP contribution < -0.4 is 0 Å². The summed E-state index contributed by atoms with van der Waals surface area (Å²) in [4.78, 5) is 9.38. The first kappa shape index (κ1) is 21.4. The van der Waals surface area contributed by atoms with Crippen LogP contribution in [0.15, 0.2) is 77.5 Å². The quantitative estimate of drug-likeness (QED) is 0.286. The van der Waals surface area contributed by atoms with Crippen LogP contribution in [0.4, 0.5) is 0 Å². The van der Waals surface area contributed by atoms with Crippen molar-refractivity contribution in [1.82, 2.24) is 9.97 Å². The molecule has 0 N–H and O–H groups in total. The van der Waals surface area contributed by atoms with Crippen LogP contribution in [-0.4, -0.2) is 9.97 Å². The number of fused-ring (bicyclic) bond motifs is 2. The zero-order valence-electron chi connectivity index (χ0n) is 20.0. The van der Waals surface area contributed by atoms with E-state index in [2.05, 4.69) is 94.2 Å². The Kier molecular flexibility index (Phi) is 5.28. The molecular formula is C30H30N2O. The van der Waals surface area contributed by atoms with Crippen molar-refractivity contribution in [3.8, 4) is 22.4 Å². The standard InChI is InChI=1S/C30H30N2O/c1-19(2)12-24-17-28-29(33-24)16-23(18-32-28)20-10-11-31-27(15-20)22-13-21-8-6-7-9-25(21)26(14-22)30(3,4)5/h6-11,13-19H,12H2,1-5H3. The second-order valence-corrected chi connectivity index (χ2v) is 10.3. The topological polar surface area (TPSA) is 38.9 Å². The van der Waals surface area contributed by atoms with Crippen molar-refractivity contribution in [3.63, 3.8) is 0 Å². The monoisotopic (exact) mass is 434 g/mol. The maximum atomic E-state index is 6.08. The lowest BCUT2D eigenvalue weighted by Gasteiger charge is -2.22. The van der Waals surface area contributed by atoms with Crippen LogP contribution in [0.3, 0.4) is 0 Å². The van der Waals surface area contributed by atoms with Crippen LogP contribution in [0.5, 0.6) is 0 Å². The predicted molar refractivity (Wildman–Crippen MR) is 137 cm³/mol. The number of benzene rings is 2. The smallest absolute Gasteiger partial charge is 0.153 e. The first-order valence-electron chi connectivity index (χ1n) is 11.7. The van der Waals surface area contributed by atoms with Crippen molar-refractivity contribution in [2.45, 2.75) is 46.5 Å². The van der Waals surface area contributed by atoms with E-state index in [9.17, 15) is 0 Å². The van der Waals surface area contributed by atoms with Gasteiger partial charge in [-0.25, -0.2) is 0 Å². The molecule has 33 heavy (non-hydrogen) atoms. The van der Waals surface area contributed by atoms with Gasteiger partial charge in [-0.05, 0) is 63.6 Å². The van der Waals surface area contributed by atoms with Crippen molar-refractivity contribution in [2.24, 2.45) is 5.92 Å². The lowest BCUT2D eigenvalue weighted by Crippen LogP contribution is -2.12. The van der Waals surface area contributed by atoms with Gasteiger partial charge in [0.15, 0.2) is 5.58 Å². The third kappa shape index (κ3) is 4.28. The average Bonchev–Trinajstić information content (AvgIpc) is 3.18. The molecule has 0 amide bonds. The molecule has 3 aromatic heterocycles. The number of pyridine rings is 2. The molecule has 0 aliphatic carbocycles. The molecule has 0 aliphatic heterocycles. The van der Waals surface area contributed by atoms with Gasteiger partial charge in [-0.2, -0.15) is 0 Å². The molecule has 0 saturated heterocycles. The van der Waals surface area contributed by atoms with E-state index in [1.807, 2.05) is 18.5 Å². The maximum Gasteiger partial charge on any atom is 0.153 e. The zero-order valence-corrected chi connectivity index (χ0v) is 20.0. The highest BCUT2D eigenvalue weighted by molar-refractivity contribution is 5.91. The Morgan fingerprint density at radius 1 is 0.848 bits per heavy atom. The highest BCUT2D eigenvalue weighted by atomic mass is 16.3. The van der Waals surface area contributed by atoms with E-state index in [-0.39, 0.29) is 5.41 Å². The third-order valence-corrected chi connectivity index (χ3v) is 6.09. The molecule has 3 nitrogen and oxygen atoms in total. The van der Waals surface area contributed by atoms with Gasteiger partial charge in [0.25, 0.3) is 0 Å². The maximum absolute atomic E-state index is 6.08. The molecule has 0 unspecified atom stereocenters. The number of aromatic nitrogens is 2.